The summed E-state index contributed by atoms with van der Waals surface area (Å²) in [6, 6.07) is 9.90. The molecular formula is C20H24F3IN6S. The van der Waals surface area contributed by atoms with Crippen molar-refractivity contribution in [2.45, 2.75) is 33.0 Å². The zero-order chi connectivity index (χ0) is 21.7. The second-order valence-electron chi connectivity index (χ2n) is 6.62. The number of aliphatic imine (C=N–C) groups is 1. The van der Waals surface area contributed by atoms with Gasteiger partial charge in [-0.15, -0.1) is 35.3 Å². The number of hydrogen-bond acceptors (Lipinski definition) is 4. The Hall–Kier alpha value is -2.15. The van der Waals surface area contributed by atoms with Gasteiger partial charge in [0.1, 0.15) is 0 Å². The molecule has 11 heteroatoms. The van der Waals surface area contributed by atoms with Crippen molar-refractivity contribution in [3.63, 3.8) is 0 Å². The van der Waals surface area contributed by atoms with Gasteiger partial charge in [0.05, 0.1) is 16.4 Å². The summed E-state index contributed by atoms with van der Waals surface area (Å²) in [5.41, 5.74) is 3.17. The van der Waals surface area contributed by atoms with Gasteiger partial charge in [0, 0.05) is 43.2 Å². The van der Waals surface area contributed by atoms with Gasteiger partial charge in [0.15, 0.2) is 11.7 Å². The van der Waals surface area contributed by atoms with Crippen LogP contribution in [-0.4, -0.2) is 34.3 Å². The number of aromatic nitrogens is 3. The molecule has 0 radical (unpaired) electrons. The van der Waals surface area contributed by atoms with Crippen molar-refractivity contribution in [3.05, 3.63) is 63.4 Å². The minimum Gasteiger partial charge on any atom is -0.356 e. The number of thiazole rings is 1. The van der Waals surface area contributed by atoms with E-state index in [1.165, 1.54) is 0 Å². The standard InChI is InChI=1S/C20H23F3N6S.HI/c1-13-16(14(2)29(28-13)15-7-5-4-6-8-15)11-26-19(24-3)25-10-9-18-27-17(12-30-18)20(21,22)23;/h4-8,12H,9-11H2,1-3H3,(H2,24,25,26);1H. The minimum absolute atomic E-state index is 0. The fourth-order valence-corrected chi connectivity index (χ4v) is 3.79. The van der Waals surface area contributed by atoms with E-state index in [0.29, 0.717) is 30.5 Å². The molecule has 0 fully saturated rings. The molecule has 0 aliphatic carbocycles. The molecule has 0 atom stereocenters. The van der Waals surface area contributed by atoms with Crippen LogP contribution < -0.4 is 10.6 Å². The van der Waals surface area contributed by atoms with Crippen LogP contribution in [0.1, 0.15) is 27.7 Å². The average molecular weight is 564 g/mol. The van der Waals surface area contributed by atoms with Gasteiger partial charge in [0.25, 0.3) is 0 Å². The number of halogens is 4. The maximum Gasteiger partial charge on any atom is 0.434 e. The largest absolute Gasteiger partial charge is 0.434 e. The van der Waals surface area contributed by atoms with Crippen LogP contribution in [0.2, 0.25) is 0 Å². The molecule has 0 bridgehead atoms. The Morgan fingerprint density at radius 2 is 1.87 bits per heavy atom. The summed E-state index contributed by atoms with van der Waals surface area (Å²) in [5, 5.41) is 12.4. The quantitative estimate of drug-likeness (QED) is 0.263. The number of hydrogen-bond donors (Lipinski definition) is 2. The zero-order valence-corrected chi connectivity index (χ0v) is 20.5. The van der Waals surface area contributed by atoms with Crippen molar-refractivity contribution in [2.75, 3.05) is 13.6 Å². The molecule has 2 N–H and O–H groups in total. The van der Waals surface area contributed by atoms with E-state index in [0.717, 1.165) is 39.4 Å². The van der Waals surface area contributed by atoms with Gasteiger partial charge in [-0.05, 0) is 26.0 Å². The van der Waals surface area contributed by atoms with Crippen molar-refractivity contribution < 1.29 is 13.2 Å². The van der Waals surface area contributed by atoms with Gasteiger partial charge in [-0.25, -0.2) is 9.67 Å². The van der Waals surface area contributed by atoms with E-state index in [-0.39, 0.29) is 24.0 Å². The van der Waals surface area contributed by atoms with E-state index >= 15 is 0 Å². The first-order chi connectivity index (χ1) is 14.3. The molecule has 0 aliphatic rings. The lowest BCUT2D eigenvalue weighted by Gasteiger charge is -2.12. The van der Waals surface area contributed by atoms with Crippen LogP contribution >= 0.6 is 35.3 Å². The average Bonchev–Trinajstić information content (AvgIpc) is 3.30. The first-order valence-electron chi connectivity index (χ1n) is 9.36. The lowest BCUT2D eigenvalue weighted by atomic mass is 10.2. The monoisotopic (exact) mass is 564 g/mol. The molecule has 0 amide bonds. The van der Waals surface area contributed by atoms with E-state index in [2.05, 4.69) is 25.7 Å². The summed E-state index contributed by atoms with van der Waals surface area (Å²) in [7, 11) is 1.65. The van der Waals surface area contributed by atoms with Gasteiger partial charge < -0.3 is 10.6 Å². The fraction of sp³-hybridized carbons (Fsp3) is 0.350. The number of para-hydroxylation sites is 1. The molecule has 168 valence electrons. The SMILES string of the molecule is CN=C(NCCc1nc(C(F)(F)F)cs1)NCc1c(C)nn(-c2ccccc2)c1C.I. The number of guanidine groups is 1. The lowest BCUT2D eigenvalue weighted by molar-refractivity contribution is -0.140. The van der Waals surface area contributed by atoms with Crippen molar-refractivity contribution in [3.8, 4) is 5.69 Å². The van der Waals surface area contributed by atoms with E-state index in [1.807, 2.05) is 48.9 Å². The van der Waals surface area contributed by atoms with Crippen LogP contribution in [0.3, 0.4) is 0 Å². The highest BCUT2D eigenvalue weighted by molar-refractivity contribution is 14.0. The third kappa shape index (κ3) is 6.42. The number of nitrogens with one attached hydrogen (secondary N) is 2. The van der Waals surface area contributed by atoms with E-state index in [4.69, 9.17) is 0 Å². The minimum atomic E-state index is -4.40. The van der Waals surface area contributed by atoms with Crippen molar-refractivity contribution in [2.24, 2.45) is 4.99 Å². The summed E-state index contributed by atoms with van der Waals surface area (Å²) >= 11 is 1.01. The Morgan fingerprint density at radius 3 is 2.48 bits per heavy atom. The Labute approximate surface area is 200 Å². The molecule has 0 saturated carbocycles. The van der Waals surface area contributed by atoms with Crippen molar-refractivity contribution in [1.29, 1.82) is 0 Å². The molecule has 0 unspecified atom stereocenters. The molecule has 1 aromatic carbocycles. The smallest absolute Gasteiger partial charge is 0.356 e. The second-order valence-corrected chi connectivity index (χ2v) is 7.57. The maximum absolute atomic E-state index is 12.6. The normalized spacial score (nSPS) is 11.9. The van der Waals surface area contributed by atoms with Crippen LogP contribution in [-0.2, 0) is 19.1 Å². The van der Waals surface area contributed by atoms with Gasteiger partial charge in [-0.2, -0.15) is 18.3 Å². The zero-order valence-electron chi connectivity index (χ0n) is 17.3. The molecule has 6 nitrogen and oxygen atoms in total. The lowest BCUT2D eigenvalue weighted by Crippen LogP contribution is -2.38. The molecule has 0 aliphatic heterocycles. The Balaban J connectivity index is 0.00000341. The second kappa shape index (κ2) is 10.9. The summed E-state index contributed by atoms with van der Waals surface area (Å²) < 4.78 is 39.8. The highest BCUT2D eigenvalue weighted by Gasteiger charge is 2.33. The molecule has 2 heterocycles. The summed E-state index contributed by atoms with van der Waals surface area (Å²) in [6.07, 6.45) is -4.02. The molecule has 3 aromatic rings. The third-order valence-electron chi connectivity index (χ3n) is 4.57. The summed E-state index contributed by atoms with van der Waals surface area (Å²) in [5.74, 6) is 0.564. The predicted octanol–water partition coefficient (Wildman–Crippen LogP) is 4.49. The number of nitrogens with zero attached hydrogens (tertiary/aromatic N) is 4. The topological polar surface area (TPSA) is 67.1 Å². The molecular weight excluding hydrogens is 540 g/mol. The first kappa shape index (κ1) is 25.1. The fourth-order valence-electron chi connectivity index (χ4n) is 2.99. The highest BCUT2D eigenvalue weighted by atomic mass is 127. The van der Waals surface area contributed by atoms with Crippen LogP contribution in [0.25, 0.3) is 5.69 Å². The molecule has 3 rings (SSSR count). The Kier molecular flexibility index (Phi) is 8.86. The molecule has 31 heavy (non-hydrogen) atoms. The van der Waals surface area contributed by atoms with E-state index in [1.54, 1.807) is 7.05 Å². The number of benzene rings is 1. The highest BCUT2D eigenvalue weighted by Crippen LogP contribution is 2.30. The van der Waals surface area contributed by atoms with Gasteiger partial charge >= 0.3 is 6.18 Å². The summed E-state index contributed by atoms with van der Waals surface area (Å²) in [4.78, 5) is 7.81. The number of aryl methyl sites for hydroxylation is 1. The van der Waals surface area contributed by atoms with Gasteiger partial charge in [-0.3, -0.25) is 4.99 Å². The third-order valence-corrected chi connectivity index (χ3v) is 5.48. The van der Waals surface area contributed by atoms with Crippen LogP contribution in [0.4, 0.5) is 13.2 Å². The first-order valence-corrected chi connectivity index (χ1v) is 10.2. The molecule has 0 saturated heterocycles. The van der Waals surface area contributed by atoms with Gasteiger partial charge in [-0.1, -0.05) is 18.2 Å². The summed E-state index contributed by atoms with van der Waals surface area (Å²) in [6.45, 7) is 4.92. The van der Waals surface area contributed by atoms with Crippen LogP contribution in [0, 0.1) is 13.8 Å². The van der Waals surface area contributed by atoms with Crippen LogP contribution in [0.5, 0.6) is 0 Å². The van der Waals surface area contributed by atoms with Crippen molar-refractivity contribution >= 4 is 41.3 Å². The molecule has 2 aromatic heterocycles. The Morgan fingerprint density at radius 1 is 1.16 bits per heavy atom. The number of alkyl halides is 3. The van der Waals surface area contributed by atoms with Crippen LogP contribution in [0.15, 0.2) is 40.7 Å². The number of rotatable bonds is 6. The van der Waals surface area contributed by atoms with E-state index in [9.17, 15) is 13.2 Å². The molecule has 0 spiro atoms. The maximum atomic E-state index is 12.6. The predicted molar refractivity (Wildman–Crippen MR) is 127 cm³/mol. The van der Waals surface area contributed by atoms with Gasteiger partial charge in [0.2, 0.25) is 0 Å². The van der Waals surface area contributed by atoms with E-state index < -0.39 is 11.9 Å². The Bertz CT molecular complexity index is 1010. The van der Waals surface area contributed by atoms with Crippen molar-refractivity contribution in [1.82, 2.24) is 25.4 Å².